The number of unbranched alkanes of at least 4 members (excludes halogenated alkanes) is 1. The van der Waals surface area contributed by atoms with E-state index in [2.05, 4.69) is 438 Å². The van der Waals surface area contributed by atoms with E-state index >= 15 is 0 Å². The Labute approximate surface area is 764 Å². The molecule has 0 bridgehead atoms. The first-order chi connectivity index (χ1) is 57.3. The van der Waals surface area contributed by atoms with E-state index in [1.165, 1.54) is 164 Å². The van der Waals surface area contributed by atoms with E-state index in [-0.39, 0.29) is 36.2 Å². The van der Waals surface area contributed by atoms with Gasteiger partial charge in [-0.3, -0.25) is 0 Å². The van der Waals surface area contributed by atoms with E-state index < -0.39 is 25.6 Å². The third kappa shape index (κ3) is 20.7. The Kier molecular flexibility index (Phi) is 31.2. The van der Waals surface area contributed by atoms with Crippen LogP contribution in [0.15, 0.2) is 335 Å². The summed E-state index contributed by atoms with van der Waals surface area (Å²) in [6.07, 6.45) is 3.62. The number of aryl methyl sites for hydroxylation is 1. The van der Waals surface area contributed by atoms with Gasteiger partial charge < -0.3 is 30.2 Å². The zero-order valence-electron chi connectivity index (χ0n) is 71.0. The summed E-state index contributed by atoms with van der Waals surface area (Å²) in [5.41, 5.74) is 11.2. The molecule has 0 spiro atoms. The van der Waals surface area contributed by atoms with Gasteiger partial charge in [0, 0.05) is 30.2 Å². The summed E-state index contributed by atoms with van der Waals surface area (Å²) in [4.78, 5) is 0. The van der Waals surface area contributed by atoms with E-state index in [4.69, 9.17) is 23.3 Å². The molecule has 2 aliphatic rings. The molecule has 2 saturated heterocycles. The van der Waals surface area contributed by atoms with Crippen molar-refractivity contribution in [3.05, 3.63) is 347 Å². The molecule has 0 saturated carbocycles. The fourth-order valence-corrected chi connectivity index (χ4v) is 17.7. The zero-order valence-corrected chi connectivity index (χ0v) is 78.9. The second-order valence-electron chi connectivity index (χ2n) is 32.4. The van der Waals surface area contributed by atoms with Crippen LogP contribution in [0.3, 0.4) is 0 Å². The van der Waals surface area contributed by atoms with Crippen LogP contribution in [0, 0.1) is 13.8 Å². The van der Waals surface area contributed by atoms with Crippen LogP contribution < -0.4 is 24.3 Å². The monoisotopic (exact) mass is 1890 g/mol. The number of fused-ring (bicyclic) bond motifs is 9. The van der Waals surface area contributed by atoms with Crippen molar-refractivity contribution in [1.82, 2.24) is 0 Å². The number of hydrogen-bond donors (Lipinski definition) is 0. The molecule has 2 aliphatic heterocycles. The molecule has 5 nitrogen and oxygen atoms in total. The average Bonchev–Trinajstić information content (AvgIpc) is 1.51. The molecule has 0 atom stereocenters. The molecule has 0 amide bonds. The number of benzene rings is 17. The van der Waals surface area contributed by atoms with Gasteiger partial charge in [0.2, 0.25) is 0 Å². The largest absolute Gasteiger partial charge is 1.00 e. The first-order valence-electron chi connectivity index (χ1n) is 41.0. The van der Waals surface area contributed by atoms with Crippen LogP contribution in [-0.2, 0) is 23.3 Å². The van der Waals surface area contributed by atoms with E-state index in [0.717, 1.165) is 31.5 Å². The van der Waals surface area contributed by atoms with Gasteiger partial charge in [0.25, 0.3) is 0 Å². The second-order valence-corrected chi connectivity index (χ2v) is 36.6. The van der Waals surface area contributed by atoms with Crippen molar-refractivity contribution >= 4 is 197 Å². The van der Waals surface area contributed by atoms with Crippen LogP contribution in [0.5, 0.6) is 0 Å². The Morgan fingerprint density at radius 1 is 0.333 bits per heavy atom. The van der Waals surface area contributed by atoms with Crippen LogP contribution in [0.1, 0.15) is 101 Å². The first-order valence-corrected chi connectivity index (χ1v) is 45.7. The fourth-order valence-electron chi connectivity index (χ4n) is 15.1. The van der Waals surface area contributed by atoms with Gasteiger partial charge in [0.1, 0.15) is 0 Å². The van der Waals surface area contributed by atoms with Crippen molar-refractivity contribution in [1.29, 1.82) is 0 Å². The predicted molar refractivity (Wildman–Crippen MR) is 533 cm³/mol. The van der Waals surface area contributed by atoms with Gasteiger partial charge in [-0.1, -0.05) is 362 Å². The summed E-state index contributed by atoms with van der Waals surface area (Å²) in [7, 11) is -0.944. The van der Waals surface area contributed by atoms with Crippen molar-refractivity contribution in [2.45, 2.75) is 131 Å². The summed E-state index contributed by atoms with van der Waals surface area (Å²) in [5.74, 6) is 0. The van der Waals surface area contributed by atoms with Gasteiger partial charge in [-0.25, -0.2) is 0 Å². The van der Waals surface area contributed by atoms with Crippen LogP contribution in [0.2, 0.25) is 0 Å². The van der Waals surface area contributed by atoms with Gasteiger partial charge in [0.05, 0.1) is 22.4 Å². The summed E-state index contributed by atoms with van der Waals surface area (Å²) >= 11 is 17.3. The van der Waals surface area contributed by atoms with Gasteiger partial charge in [0.15, 0.2) is 0 Å². The maximum atomic E-state index is 6.55. The zero-order chi connectivity index (χ0) is 84.2. The van der Waals surface area contributed by atoms with Crippen molar-refractivity contribution in [3.8, 4) is 44.5 Å². The quantitative estimate of drug-likeness (QED) is 0.0591. The van der Waals surface area contributed by atoms with Gasteiger partial charge in [-0.05, 0) is 288 Å². The molecule has 17 aromatic rings. The molecule has 19 rings (SSSR count). The minimum Gasteiger partial charge on any atom is -0.399 e. The standard InChI is InChI=1S/C30H27BO2.C30H19Br.C24H15Br.C9H19BO3.C7H7Br.C4H9.C3H6Br2.Li/c1-29(2)30(3,4)33-31(32-29)28-25-15-9-7-13-23(25)27(24-14-8-10-16-26(24)28)22-18-17-20-11-5-6-12-21(20)19-22;31-24-17-15-21(16-18-24)29-25-9-3-5-11-27(25)30(28-12-6-4-10-26(28)29)23-14-13-20-7-1-2-8-22(20)19-23;25-24-21-11-5-3-9-19(21)23(20-10-4-6-12-22(20)24)18-14-13-16-7-1-2-8-17(16)15-18;1-7(2)11-10-12-8(3,4)9(5,6)13-10;1-6-2-4-7(8)5-3-6;1-3-4-2;4-2-1-3-5;/h5-19H,1-4H3;1-19H;1-15H;7H,1-6H3;2-5H,1H3;1,3-4H2,2H3;1-3H2;/q;;;;;-1;;+1. The summed E-state index contributed by atoms with van der Waals surface area (Å²) in [5, 5.41) is 24.8. The molecule has 120 heavy (non-hydrogen) atoms. The minimum atomic E-state index is -0.523. The summed E-state index contributed by atoms with van der Waals surface area (Å²) in [6.45, 7) is 28.2. The van der Waals surface area contributed by atoms with Crippen molar-refractivity contribution in [3.63, 3.8) is 0 Å². The molecular weight excluding hydrogens is 1790 g/mol. The molecular formula is C107H102B2Br5LiO5. The molecule has 0 unspecified atom stereocenters. The normalized spacial score (nSPS) is 14.1. The van der Waals surface area contributed by atoms with Crippen molar-refractivity contribution in [2.75, 3.05) is 10.7 Å². The Morgan fingerprint density at radius 2 is 0.583 bits per heavy atom. The predicted octanol–water partition coefficient (Wildman–Crippen LogP) is 29.5. The number of hydrogen-bond acceptors (Lipinski definition) is 5. The molecule has 0 aromatic heterocycles. The summed E-state index contributed by atoms with van der Waals surface area (Å²) in [6, 6.07) is 115. The van der Waals surface area contributed by atoms with Crippen LogP contribution >= 0.6 is 79.6 Å². The first kappa shape index (κ1) is 91.2. The third-order valence-electron chi connectivity index (χ3n) is 22.8. The molecule has 13 heteroatoms. The van der Waals surface area contributed by atoms with Crippen LogP contribution in [-0.4, -0.2) is 53.6 Å². The minimum absolute atomic E-state index is 0. The van der Waals surface area contributed by atoms with Gasteiger partial charge in [-0.2, -0.15) is 6.42 Å². The maximum absolute atomic E-state index is 6.55. The van der Waals surface area contributed by atoms with Gasteiger partial charge >= 0.3 is 33.3 Å². The van der Waals surface area contributed by atoms with Crippen LogP contribution in [0.4, 0.5) is 0 Å². The second kappa shape index (κ2) is 41.0. The van der Waals surface area contributed by atoms with E-state index in [9.17, 15) is 0 Å². The number of alkyl halides is 2. The fraction of sp³-hybridized carbons (Fsp3) is 0.206. The van der Waals surface area contributed by atoms with E-state index in [1.807, 2.05) is 53.7 Å². The molecule has 0 radical (unpaired) electrons. The third-order valence-corrected chi connectivity index (χ3v) is 25.8. The Hall–Kier alpha value is -7.99. The topological polar surface area (TPSA) is 46.2 Å². The molecule has 2 fully saturated rings. The number of halogens is 5. The maximum Gasteiger partial charge on any atom is 1.00 e. The molecule has 0 aliphatic carbocycles. The molecule has 17 aromatic carbocycles. The Bertz CT molecular complexity index is 6160. The SMILES string of the molecule is BrCCCBr.Brc1c2ccccc2c(-c2ccc3ccccc3c2)c2ccccc12.Brc1ccc(-c2c3ccccc3c(-c3ccc4ccccc4c3)c3ccccc23)cc1.CC(C)OB1OC(C)(C)C(C)(C)O1.CC1(C)OB(c2c3ccccc3c(-c3ccc4ccccc4c3)c3ccccc23)OC1(C)C.Cc1ccc(Br)cc1.[CH2-]CCC.[Li+]. The van der Waals surface area contributed by atoms with Crippen LogP contribution in [0.25, 0.3) is 141 Å². The average molecular weight is 1900 g/mol. The van der Waals surface area contributed by atoms with E-state index in [0.29, 0.717) is 0 Å². The van der Waals surface area contributed by atoms with E-state index in [1.54, 1.807) is 0 Å². The summed E-state index contributed by atoms with van der Waals surface area (Å²) < 4.78 is 33.2. The number of rotatable bonds is 10. The smallest absolute Gasteiger partial charge is 0.399 e. The van der Waals surface area contributed by atoms with Crippen molar-refractivity contribution in [2.24, 2.45) is 0 Å². The molecule has 602 valence electrons. The van der Waals surface area contributed by atoms with Crippen molar-refractivity contribution < 1.29 is 42.1 Å². The molecule has 0 N–H and O–H groups in total. The Balaban J connectivity index is 0.000000141. The molecule has 2 heterocycles. The Morgan fingerprint density at radius 3 is 0.875 bits per heavy atom. The van der Waals surface area contributed by atoms with Gasteiger partial charge in [-0.15, -0.1) is 0 Å².